The Morgan fingerprint density at radius 3 is 2.42 bits per heavy atom. The molecule has 102 valence electrons. The first-order chi connectivity index (χ1) is 8.60. The molecule has 1 aliphatic heterocycles. The van der Waals surface area contributed by atoms with E-state index in [0.717, 1.165) is 6.07 Å². The van der Waals surface area contributed by atoms with Gasteiger partial charge in [-0.05, 0) is 32.0 Å². The molecule has 1 heterocycles. The third-order valence-electron chi connectivity index (χ3n) is 3.05. The second kappa shape index (κ2) is 3.70. The Bertz CT molecular complexity index is 693. The van der Waals surface area contributed by atoms with E-state index in [-0.39, 0.29) is 16.9 Å². The Hall–Kier alpha value is -2.09. The highest BCUT2D eigenvalue weighted by molar-refractivity contribution is 7.98. The van der Waals surface area contributed by atoms with Crippen LogP contribution in [0.3, 0.4) is 0 Å². The van der Waals surface area contributed by atoms with Crippen LogP contribution in [0.1, 0.15) is 24.2 Å². The van der Waals surface area contributed by atoms with Crippen molar-refractivity contribution in [2.75, 3.05) is 10.0 Å². The van der Waals surface area contributed by atoms with Gasteiger partial charge in [-0.15, -0.1) is 0 Å². The standard InChI is InChI=1S/C11H12N2O5S/c1-11(2)10(16)13(19(11,17)18)8-4-3-6(12)5-7(8)9(14)15/h3-5H,12H2,1-2H3,(H,14,15). The van der Waals surface area contributed by atoms with Crippen molar-refractivity contribution in [3.8, 4) is 0 Å². The summed E-state index contributed by atoms with van der Waals surface area (Å²) in [6, 6.07) is 3.67. The van der Waals surface area contributed by atoms with E-state index in [4.69, 9.17) is 10.8 Å². The number of nitrogens with two attached hydrogens (primary N) is 1. The van der Waals surface area contributed by atoms with Gasteiger partial charge in [0.1, 0.15) is 0 Å². The van der Waals surface area contributed by atoms with Gasteiger partial charge in [0.25, 0.3) is 15.9 Å². The van der Waals surface area contributed by atoms with Crippen LogP contribution in [0.25, 0.3) is 0 Å². The van der Waals surface area contributed by atoms with Crippen LogP contribution < -0.4 is 10.0 Å². The Morgan fingerprint density at radius 2 is 1.95 bits per heavy atom. The number of carbonyl (C=O) groups excluding carboxylic acids is 1. The lowest BCUT2D eigenvalue weighted by Gasteiger charge is -2.43. The van der Waals surface area contributed by atoms with E-state index < -0.39 is 26.6 Å². The van der Waals surface area contributed by atoms with E-state index in [2.05, 4.69) is 0 Å². The molecule has 8 heteroatoms. The smallest absolute Gasteiger partial charge is 0.337 e. The molecule has 3 N–H and O–H groups in total. The first-order valence-electron chi connectivity index (χ1n) is 5.33. The third-order valence-corrected chi connectivity index (χ3v) is 5.36. The molecule has 1 aromatic rings. The van der Waals surface area contributed by atoms with Crippen LogP contribution in [0.5, 0.6) is 0 Å². The van der Waals surface area contributed by atoms with Crippen LogP contribution in [-0.4, -0.2) is 30.1 Å². The first-order valence-corrected chi connectivity index (χ1v) is 6.77. The predicted octanol–water partition coefficient (Wildman–Crippen LogP) is 0.422. The molecular weight excluding hydrogens is 272 g/mol. The van der Waals surface area contributed by atoms with Gasteiger partial charge in [0.05, 0.1) is 11.3 Å². The molecule has 1 aromatic carbocycles. The average Bonchev–Trinajstić information content (AvgIpc) is 2.30. The van der Waals surface area contributed by atoms with Crippen molar-refractivity contribution in [1.29, 1.82) is 0 Å². The molecule has 0 spiro atoms. The van der Waals surface area contributed by atoms with E-state index in [0.29, 0.717) is 4.31 Å². The fraction of sp³-hybridized carbons (Fsp3) is 0.273. The second-order valence-electron chi connectivity index (χ2n) is 4.67. The maximum absolute atomic E-state index is 12.0. The number of rotatable bonds is 2. The van der Waals surface area contributed by atoms with Crippen molar-refractivity contribution in [3.05, 3.63) is 23.8 Å². The van der Waals surface area contributed by atoms with Crippen molar-refractivity contribution < 1.29 is 23.1 Å². The lowest BCUT2D eigenvalue weighted by Crippen LogP contribution is -2.68. The minimum absolute atomic E-state index is 0.172. The van der Waals surface area contributed by atoms with E-state index in [9.17, 15) is 18.0 Å². The summed E-state index contributed by atoms with van der Waals surface area (Å²) in [6.07, 6.45) is 0. The SMILES string of the molecule is CC1(C)C(=O)N(c2ccc(N)cc2C(=O)O)S1(=O)=O. The number of hydrogen-bond donors (Lipinski definition) is 2. The maximum atomic E-state index is 12.0. The highest BCUT2D eigenvalue weighted by Gasteiger charge is 2.61. The maximum Gasteiger partial charge on any atom is 0.337 e. The molecule has 2 rings (SSSR count). The summed E-state index contributed by atoms with van der Waals surface area (Å²) in [5.74, 6) is -2.02. The summed E-state index contributed by atoms with van der Waals surface area (Å²) in [5, 5.41) is 9.06. The highest BCUT2D eigenvalue weighted by Crippen LogP contribution is 2.40. The fourth-order valence-electron chi connectivity index (χ4n) is 1.79. The quantitative estimate of drug-likeness (QED) is 0.760. The molecule has 1 saturated heterocycles. The number of benzene rings is 1. The summed E-state index contributed by atoms with van der Waals surface area (Å²) in [6.45, 7) is 2.55. The molecule has 0 unspecified atom stereocenters. The van der Waals surface area contributed by atoms with Crippen molar-refractivity contribution in [2.24, 2.45) is 0 Å². The normalized spacial score (nSPS) is 19.9. The predicted molar refractivity (Wildman–Crippen MR) is 68.3 cm³/mol. The fourth-order valence-corrected chi connectivity index (χ4v) is 3.30. The molecule has 0 radical (unpaired) electrons. The van der Waals surface area contributed by atoms with Crippen LogP contribution in [-0.2, 0) is 14.8 Å². The van der Waals surface area contributed by atoms with Crippen LogP contribution in [0, 0.1) is 0 Å². The Kier molecular flexibility index (Phi) is 2.60. The van der Waals surface area contributed by atoms with E-state index >= 15 is 0 Å². The van der Waals surface area contributed by atoms with E-state index in [1.165, 1.54) is 26.0 Å². The lowest BCUT2D eigenvalue weighted by atomic mass is 10.1. The minimum Gasteiger partial charge on any atom is -0.478 e. The molecule has 19 heavy (non-hydrogen) atoms. The van der Waals surface area contributed by atoms with Gasteiger partial charge in [-0.3, -0.25) is 4.79 Å². The Balaban J connectivity index is 2.63. The molecule has 0 saturated carbocycles. The number of nitrogens with zero attached hydrogens (tertiary/aromatic N) is 1. The largest absolute Gasteiger partial charge is 0.478 e. The molecule has 1 aliphatic rings. The monoisotopic (exact) mass is 284 g/mol. The number of nitrogen functional groups attached to an aromatic ring is 1. The molecule has 0 bridgehead atoms. The van der Waals surface area contributed by atoms with Crippen LogP contribution in [0.2, 0.25) is 0 Å². The molecule has 1 amide bonds. The number of aromatic carboxylic acids is 1. The van der Waals surface area contributed by atoms with Crippen molar-refractivity contribution in [3.63, 3.8) is 0 Å². The number of carboxylic acids is 1. The summed E-state index contributed by atoms with van der Waals surface area (Å²) in [4.78, 5) is 23.0. The summed E-state index contributed by atoms with van der Waals surface area (Å²) in [7, 11) is -3.89. The molecular formula is C11H12N2O5S. The Morgan fingerprint density at radius 1 is 1.37 bits per heavy atom. The zero-order valence-corrected chi connectivity index (χ0v) is 11.1. The number of carbonyl (C=O) groups is 2. The number of sulfonamides is 1. The van der Waals surface area contributed by atoms with Gasteiger partial charge in [-0.1, -0.05) is 0 Å². The molecule has 1 fully saturated rings. The summed E-state index contributed by atoms with van der Waals surface area (Å²) < 4.78 is 23.0. The first kappa shape index (κ1) is 13.3. The van der Waals surface area contributed by atoms with Crippen molar-refractivity contribution in [2.45, 2.75) is 18.6 Å². The van der Waals surface area contributed by atoms with Gasteiger partial charge >= 0.3 is 5.97 Å². The topological polar surface area (TPSA) is 118 Å². The minimum atomic E-state index is -3.89. The van der Waals surface area contributed by atoms with Crippen LogP contribution in [0.4, 0.5) is 11.4 Å². The van der Waals surface area contributed by atoms with Gasteiger partial charge in [-0.25, -0.2) is 17.5 Å². The highest BCUT2D eigenvalue weighted by atomic mass is 32.2. The molecule has 0 aliphatic carbocycles. The second-order valence-corrected chi connectivity index (χ2v) is 7.00. The number of anilines is 2. The van der Waals surface area contributed by atoms with Crippen molar-refractivity contribution >= 4 is 33.3 Å². The van der Waals surface area contributed by atoms with Crippen molar-refractivity contribution in [1.82, 2.24) is 0 Å². The number of carboxylic acid groups (broad SMARTS) is 1. The average molecular weight is 284 g/mol. The van der Waals surface area contributed by atoms with E-state index in [1.54, 1.807) is 0 Å². The third kappa shape index (κ3) is 1.60. The molecule has 0 atom stereocenters. The number of amides is 1. The number of hydrogen-bond acceptors (Lipinski definition) is 5. The zero-order chi connectivity index (χ0) is 14.6. The molecule has 0 aromatic heterocycles. The van der Waals surface area contributed by atoms with Gasteiger partial charge in [-0.2, -0.15) is 0 Å². The summed E-state index contributed by atoms with van der Waals surface area (Å²) in [5.41, 5.74) is 5.12. The lowest BCUT2D eigenvalue weighted by molar-refractivity contribution is -0.120. The van der Waals surface area contributed by atoms with Gasteiger partial charge in [0.15, 0.2) is 4.75 Å². The zero-order valence-electron chi connectivity index (χ0n) is 10.2. The van der Waals surface area contributed by atoms with Crippen LogP contribution >= 0.6 is 0 Å². The van der Waals surface area contributed by atoms with Crippen LogP contribution in [0.15, 0.2) is 18.2 Å². The Labute approximate surface area is 109 Å². The van der Waals surface area contributed by atoms with Gasteiger partial charge in [0.2, 0.25) is 0 Å². The molecule has 7 nitrogen and oxygen atoms in total. The van der Waals surface area contributed by atoms with E-state index in [1.807, 2.05) is 0 Å². The van der Waals surface area contributed by atoms with Gasteiger partial charge < -0.3 is 10.8 Å². The summed E-state index contributed by atoms with van der Waals surface area (Å²) >= 11 is 0. The van der Waals surface area contributed by atoms with Gasteiger partial charge in [0, 0.05) is 5.69 Å².